The molecule has 0 N–H and O–H groups in total. The number of hydrogen-bond acceptors (Lipinski definition) is 3. The molecule has 12 rings (SSSR count). The van der Waals surface area contributed by atoms with Gasteiger partial charge in [0, 0.05) is 55.0 Å². The lowest BCUT2D eigenvalue weighted by Crippen LogP contribution is -2.04. The molecule has 0 fully saturated rings. The minimum absolute atomic E-state index is 0.630. The van der Waals surface area contributed by atoms with Crippen molar-refractivity contribution in [2.24, 2.45) is 0 Å². The van der Waals surface area contributed by atoms with Crippen LogP contribution in [0.15, 0.2) is 186 Å². The highest BCUT2D eigenvalue weighted by molar-refractivity contribution is 6.25. The van der Waals surface area contributed by atoms with Gasteiger partial charge in [-0.05, 0) is 47.5 Å². The fourth-order valence-corrected chi connectivity index (χ4v) is 8.68. The molecular weight excluding hydrogens is 673 g/mol. The molecule has 0 atom stereocenters. The van der Waals surface area contributed by atoms with Crippen LogP contribution in [-0.2, 0) is 0 Å². The third-order valence-corrected chi connectivity index (χ3v) is 11.1. The molecule has 0 bridgehead atoms. The van der Waals surface area contributed by atoms with Crippen molar-refractivity contribution < 1.29 is 4.42 Å². The minimum Gasteiger partial charge on any atom is -0.456 e. The SMILES string of the molecule is c1ccc(-c2cccc(-n3c4cc5oc6ccccc6c5cc4c4ccc5c6ccccc6n(-c6nc(-c7ccccc7)c7ccccc7n6)c5c43)c2)cc1. The van der Waals surface area contributed by atoms with Crippen LogP contribution >= 0.6 is 0 Å². The van der Waals surface area contributed by atoms with E-state index < -0.39 is 0 Å². The zero-order valence-corrected chi connectivity index (χ0v) is 29.5. The number of rotatable bonds is 4. The van der Waals surface area contributed by atoms with Gasteiger partial charge in [0.2, 0.25) is 5.95 Å². The molecule has 8 aromatic carbocycles. The average molecular weight is 703 g/mol. The number of aromatic nitrogens is 4. The molecule has 0 unspecified atom stereocenters. The summed E-state index contributed by atoms with van der Waals surface area (Å²) in [6.45, 7) is 0. The van der Waals surface area contributed by atoms with Gasteiger partial charge in [-0.25, -0.2) is 9.97 Å². The quantitative estimate of drug-likeness (QED) is 0.183. The lowest BCUT2D eigenvalue weighted by Gasteiger charge is -2.14. The van der Waals surface area contributed by atoms with Crippen LogP contribution in [0.4, 0.5) is 0 Å². The first-order chi connectivity index (χ1) is 27.3. The molecule has 4 heterocycles. The summed E-state index contributed by atoms with van der Waals surface area (Å²) in [5, 5.41) is 7.82. The largest absolute Gasteiger partial charge is 0.456 e. The van der Waals surface area contributed by atoms with Gasteiger partial charge in [-0.2, -0.15) is 0 Å². The molecule has 5 nitrogen and oxygen atoms in total. The highest BCUT2D eigenvalue weighted by Gasteiger charge is 2.24. The Morgan fingerprint density at radius 3 is 1.85 bits per heavy atom. The molecular formula is C50H30N4O. The Labute approximate surface area is 315 Å². The summed E-state index contributed by atoms with van der Waals surface area (Å²) >= 11 is 0. The first-order valence-electron chi connectivity index (χ1n) is 18.6. The van der Waals surface area contributed by atoms with E-state index in [0.29, 0.717) is 5.95 Å². The van der Waals surface area contributed by atoms with E-state index in [9.17, 15) is 0 Å². The molecule has 4 aromatic heterocycles. The Morgan fingerprint density at radius 1 is 0.364 bits per heavy atom. The highest BCUT2D eigenvalue weighted by Crippen LogP contribution is 2.44. The Hall–Kier alpha value is -7.50. The third kappa shape index (κ3) is 4.41. The van der Waals surface area contributed by atoms with Crippen LogP contribution in [0.25, 0.3) is 110 Å². The van der Waals surface area contributed by atoms with E-state index in [-0.39, 0.29) is 0 Å². The maximum atomic E-state index is 6.53. The molecule has 5 heteroatoms. The lowest BCUT2D eigenvalue weighted by atomic mass is 10.1. The molecule has 256 valence electrons. The first kappa shape index (κ1) is 30.0. The Morgan fingerprint density at radius 2 is 1.02 bits per heavy atom. The number of furan rings is 1. The smallest absolute Gasteiger partial charge is 0.235 e. The van der Waals surface area contributed by atoms with E-state index in [4.69, 9.17) is 14.4 Å². The number of benzene rings is 8. The number of para-hydroxylation sites is 3. The molecule has 0 saturated carbocycles. The van der Waals surface area contributed by atoms with Gasteiger partial charge in [0.25, 0.3) is 0 Å². The minimum atomic E-state index is 0.630. The van der Waals surface area contributed by atoms with E-state index in [0.717, 1.165) is 99.0 Å². The number of fused-ring (bicyclic) bond motifs is 11. The average Bonchev–Trinajstić information content (AvgIpc) is 3.90. The van der Waals surface area contributed by atoms with E-state index in [1.54, 1.807) is 0 Å². The first-order valence-corrected chi connectivity index (χ1v) is 18.6. The molecule has 0 spiro atoms. The van der Waals surface area contributed by atoms with Gasteiger partial charge in [0.05, 0.1) is 33.3 Å². The normalized spacial score (nSPS) is 12.0. The van der Waals surface area contributed by atoms with Gasteiger partial charge >= 0.3 is 0 Å². The second-order valence-electron chi connectivity index (χ2n) is 14.2. The van der Waals surface area contributed by atoms with Gasteiger partial charge < -0.3 is 8.98 Å². The third-order valence-electron chi connectivity index (χ3n) is 11.1. The molecule has 0 amide bonds. The van der Waals surface area contributed by atoms with Crippen LogP contribution < -0.4 is 0 Å². The molecule has 55 heavy (non-hydrogen) atoms. The molecule has 0 saturated heterocycles. The second-order valence-corrected chi connectivity index (χ2v) is 14.2. The summed E-state index contributed by atoms with van der Waals surface area (Å²) in [5.41, 5.74) is 12.2. The zero-order valence-electron chi connectivity index (χ0n) is 29.5. The maximum absolute atomic E-state index is 6.53. The molecule has 0 radical (unpaired) electrons. The Balaban J connectivity index is 1.27. The molecule has 0 aliphatic rings. The topological polar surface area (TPSA) is 48.8 Å². The Kier molecular flexibility index (Phi) is 6.27. The van der Waals surface area contributed by atoms with Crippen LogP contribution in [0, 0.1) is 0 Å². The van der Waals surface area contributed by atoms with E-state index >= 15 is 0 Å². The fourth-order valence-electron chi connectivity index (χ4n) is 8.68. The van der Waals surface area contributed by atoms with E-state index in [1.807, 2.05) is 18.2 Å². The summed E-state index contributed by atoms with van der Waals surface area (Å²) in [6, 6.07) is 64.2. The van der Waals surface area contributed by atoms with Gasteiger partial charge in [-0.15, -0.1) is 0 Å². The van der Waals surface area contributed by atoms with Crippen molar-refractivity contribution in [3.8, 4) is 34.0 Å². The van der Waals surface area contributed by atoms with Crippen molar-refractivity contribution in [2.45, 2.75) is 0 Å². The maximum Gasteiger partial charge on any atom is 0.235 e. The molecule has 0 aliphatic carbocycles. The predicted molar refractivity (Wildman–Crippen MR) is 226 cm³/mol. The zero-order chi connectivity index (χ0) is 36.0. The summed E-state index contributed by atoms with van der Waals surface area (Å²) in [5.74, 6) is 0.630. The van der Waals surface area contributed by atoms with E-state index in [1.165, 1.54) is 5.56 Å². The summed E-state index contributed by atoms with van der Waals surface area (Å²) < 4.78 is 11.2. The highest BCUT2D eigenvalue weighted by atomic mass is 16.3. The van der Waals surface area contributed by atoms with E-state index in [2.05, 4.69) is 173 Å². The summed E-state index contributed by atoms with van der Waals surface area (Å²) in [7, 11) is 0. The summed E-state index contributed by atoms with van der Waals surface area (Å²) in [6.07, 6.45) is 0. The predicted octanol–water partition coefficient (Wildman–Crippen LogP) is 13.1. The lowest BCUT2D eigenvalue weighted by molar-refractivity contribution is 0.669. The fraction of sp³-hybridized carbons (Fsp3) is 0. The molecule has 12 aromatic rings. The van der Waals surface area contributed by atoms with Crippen LogP contribution in [0.1, 0.15) is 0 Å². The monoisotopic (exact) mass is 702 g/mol. The van der Waals surface area contributed by atoms with Gasteiger partial charge in [-0.3, -0.25) is 4.57 Å². The van der Waals surface area contributed by atoms with Crippen molar-refractivity contribution in [3.63, 3.8) is 0 Å². The van der Waals surface area contributed by atoms with Crippen LogP contribution in [0.2, 0.25) is 0 Å². The second kappa shape index (κ2) is 11.5. The van der Waals surface area contributed by atoms with Crippen molar-refractivity contribution >= 4 is 76.5 Å². The Bertz CT molecular complexity index is 3480. The number of nitrogens with zero attached hydrogens (tertiary/aromatic N) is 4. The van der Waals surface area contributed by atoms with Crippen LogP contribution in [-0.4, -0.2) is 19.1 Å². The number of hydrogen-bond donors (Lipinski definition) is 0. The van der Waals surface area contributed by atoms with Gasteiger partial charge in [-0.1, -0.05) is 140 Å². The summed E-state index contributed by atoms with van der Waals surface area (Å²) in [4.78, 5) is 10.7. The molecule has 0 aliphatic heterocycles. The van der Waals surface area contributed by atoms with Crippen LogP contribution in [0.3, 0.4) is 0 Å². The van der Waals surface area contributed by atoms with Crippen molar-refractivity contribution in [2.75, 3.05) is 0 Å². The van der Waals surface area contributed by atoms with Gasteiger partial charge in [0.1, 0.15) is 11.2 Å². The van der Waals surface area contributed by atoms with Crippen molar-refractivity contribution in [1.29, 1.82) is 0 Å². The van der Waals surface area contributed by atoms with Crippen molar-refractivity contribution in [3.05, 3.63) is 182 Å². The standard InChI is InChI=1S/C50H30N4O/c1-3-14-31(15-4-1)33-18-13-19-34(28-33)53-44-30-46-41(36-21-9-12-25-45(36)55-46)29-40(44)38-27-26-37-35-20-8-11-24-43(35)54(49(37)48(38)53)50-51-42-23-10-7-22-39(42)47(52-50)32-16-5-2-6-17-32/h1-30H. The van der Waals surface area contributed by atoms with Crippen LogP contribution in [0.5, 0.6) is 0 Å². The van der Waals surface area contributed by atoms with Gasteiger partial charge in [0.15, 0.2) is 0 Å². The van der Waals surface area contributed by atoms with Crippen molar-refractivity contribution in [1.82, 2.24) is 19.1 Å².